The number of nitrogens with zero attached hydrogens (tertiary/aromatic N) is 2. The third-order valence-electron chi connectivity index (χ3n) is 3.49. The summed E-state index contributed by atoms with van der Waals surface area (Å²) in [7, 11) is 1.33. The highest BCUT2D eigenvalue weighted by Gasteiger charge is 2.07. The topological polar surface area (TPSA) is 60.7 Å². The molecule has 0 fully saturated rings. The van der Waals surface area contributed by atoms with E-state index < -0.39 is 5.97 Å². The summed E-state index contributed by atoms with van der Waals surface area (Å²) in [5.41, 5.74) is 1.87. The minimum atomic E-state index is -0.406. The van der Waals surface area contributed by atoms with Crippen molar-refractivity contribution < 1.29 is 9.53 Å². The van der Waals surface area contributed by atoms with Crippen LogP contribution in [0.2, 0.25) is 0 Å². The van der Waals surface area contributed by atoms with Crippen molar-refractivity contribution in [2.45, 2.75) is 0 Å². The van der Waals surface area contributed by atoms with Gasteiger partial charge in [0.25, 0.3) is 5.56 Å². The van der Waals surface area contributed by atoms with Crippen LogP contribution in [0, 0.1) is 0 Å². The molecule has 1 aromatic carbocycles. The van der Waals surface area contributed by atoms with Crippen LogP contribution in [0.1, 0.15) is 21.6 Å². The molecule has 0 aliphatic rings. The number of pyridine rings is 1. The van der Waals surface area contributed by atoms with Crippen molar-refractivity contribution in [1.29, 1.82) is 0 Å². The first kappa shape index (κ1) is 17.4. The molecule has 3 rings (SSSR count). The number of esters is 1. The number of carbonyl (C=O) groups is 1. The lowest BCUT2D eigenvalue weighted by Gasteiger charge is -2.04. The van der Waals surface area contributed by atoms with Gasteiger partial charge in [0, 0.05) is 16.7 Å². The maximum absolute atomic E-state index is 12.2. The molecule has 2 aromatic heterocycles. The van der Waals surface area contributed by atoms with Gasteiger partial charge in [-0.05, 0) is 51.8 Å². The smallest absolute Gasteiger partial charge is 0.337 e. The molecule has 0 spiro atoms. The fourth-order valence-electron chi connectivity index (χ4n) is 2.25. The number of aromatic nitrogens is 2. The Kier molecular flexibility index (Phi) is 5.01. The molecule has 126 valence electrons. The van der Waals surface area contributed by atoms with E-state index in [9.17, 15) is 9.59 Å². The van der Waals surface area contributed by atoms with E-state index >= 15 is 0 Å². The number of hydrogen-bond donors (Lipinski definition) is 0. The van der Waals surface area contributed by atoms with Crippen LogP contribution >= 0.6 is 27.5 Å². The van der Waals surface area contributed by atoms with Crippen molar-refractivity contribution in [3.05, 3.63) is 80.3 Å². The molecule has 7 heteroatoms. The number of ether oxygens (including phenoxy) is 1. The summed E-state index contributed by atoms with van der Waals surface area (Å²) < 4.78 is 6.87. The summed E-state index contributed by atoms with van der Waals surface area (Å²) in [5, 5.41) is 0.327. The van der Waals surface area contributed by atoms with Gasteiger partial charge in [-0.25, -0.2) is 9.78 Å². The molecule has 3 aromatic rings. The minimum absolute atomic E-state index is 0.228. The zero-order valence-corrected chi connectivity index (χ0v) is 15.4. The van der Waals surface area contributed by atoms with E-state index in [0.29, 0.717) is 21.9 Å². The lowest BCUT2D eigenvalue weighted by atomic mass is 10.1. The van der Waals surface area contributed by atoms with E-state index in [0.717, 1.165) is 10.0 Å². The normalized spacial score (nSPS) is 11.6. The SMILES string of the molecule is COC(=O)c1ccc(/C=C(\Cl)c2cc(=O)n3cc(Br)ccc3n2)cc1. The molecule has 5 nitrogen and oxygen atoms in total. The highest BCUT2D eigenvalue weighted by atomic mass is 79.9. The molecule has 0 radical (unpaired) electrons. The molecule has 25 heavy (non-hydrogen) atoms. The first-order valence-electron chi connectivity index (χ1n) is 7.23. The highest BCUT2D eigenvalue weighted by molar-refractivity contribution is 9.10. The van der Waals surface area contributed by atoms with E-state index in [1.807, 2.05) is 0 Å². The van der Waals surface area contributed by atoms with Crippen LogP contribution in [0.25, 0.3) is 16.8 Å². The van der Waals surface area contributed by atoms with Crippen molar-refractivity contribution >= 4 is 50.3 Å². The third-order valence-corrected chi connectivity index (χ3v) is 4.27. The van der Waals surface area contributed by atoms with Gasteiger partial charge >= 0.3 is 5.97 Å². The van der Waals surface area contributed by atoms with Gasteiger partial charge < -0.3 is 4.74 Å². The maximum atomic E-state index is 12.2. The summed E-state index contributed by atoms with van der Waals surface area (Å²) in [5.74, 6) is -0.406. The Hall–Kier alpha value is -2.44. The molecule has 0 unspecified atom stereocenters. The average Bonchev–Trinajstić information content (AvgIpc) is 2.62. The summed E-state index contributed by atoms with van der Waals surface area (Å²) in [6.07, 6.45) is 3.33. The maximum Gasteiger partial charge on any atom is 0.337 e. The predicted octanol–water partition coefficient (Wildman–Crippen LogP) is 3.98. The van der Waals surface area contributed by atoms with Gasteiger partial charge in [-0.1, -0.05) is 23.7 Å². The van der Waals surface area contributed by atoms with Gasteiger partial charge in [0.15, 0.2) is 0 Å². The van der Waals surface area contributed by atoms with Gasteiger partial charge in [0.1, 0.15) is 5.65 Å². The molecule has 0 aliphatic carbocycles. The van der Waals surface area contributed by atoms with Crippen molar-refractivity contribution in [3.8, 4) is 0 Å². The molecule has 0 amide bonds. The van der Waals surface area contributed by atoms with Gasteiger partial charge in [-0.15, -0.1) is 0 Å². The number of carbonyl (C=O) groups excluding carboxylic acids is 1. The molecule has 2 heterocycles. The van der Waals surface area contributed by atoms with Gasteiger partial charge in [0.2, 0.25) is 0 Å². The largest absolute Gasteiger partial charge is 0.465 e. The van der Waals surface area contributed by atoms with Crippen LogP contribution in [0.4, 0.5) is 0 Å². The van der Waals surface area contributed by atoms with Crippen LogP contribution in [-0.2, 0) is 4.74 Å². The Bertz CT molecular complexity index is 1040. The standard InChI is InChI=1S/C18H12BrClN2O3/c1-25-18(24)12-4-2-11(3-5-12)8-14(20)15-9-17(23)22-10-13(19)6-7-16(22)21-15/h2-10H,1H3/b14-8-. The number of fused-ring (bicyclic) bond motifs is 1. The Morgan fingerprint density at radius 2 is 1.96 bits per heavy atom. The summed E-state index contributed by atoms with van der Waals surface area (Å²) in [6, 6.07) is 11.7. The summed E-state index contributed by atoms with van der Waals surface area (Å²) >= 11 is 9.65. The van der Waals surface area contributed by atoms with Crippen molar-refractivity contribution in [2.24, 2.45) is 0 Å². The fourth-order valence-corrected chi connectivity index (χ4v) is 2.81. The second-order valence-corrected chi connectivity index (χ2v) is 6.48. The second-order valence-electron chi connectivity index (χ2n) is 5.16. The number of benzene rings is 1. The second kappa shape index (κ2) is 7.21. The quantitative estimate of drug-likeness (QED) is 0.603. The first-order chi connectivity index (χ1) is 12.0. The van der Waals surface area contributed by atoms with Crippen LogP contribution in [0.15, 0.2) is 57.9 Å². The molecule has 0 saturated carbocycles. The molecular weight excluding hydrogens is 408 g/mol. The summed E-state index contributed by atoms with van der Waals surface area (Å²) in [4.78, 5) is 28.1. The Balaban J connectivity index is 1.97. The van der Waals surface area contributed by atoms with Crippen molar-refractivity contribution in [1.82, 2.24) is 9.38 Å². The van der Waals surface area contributed by atoms with E-state index in [4.69, 9.17) is 11.6 Å². The van der Waals surface area contributed by atoms with E-state index in [1.165, 1.54) is 17.6 Å². The van der Waals surface area contributed by atoms with Gasteiger partial charge in [0.05, 0.1) is 23.4 Å². The van der Waals surface area contributed by atoms with Gasteiger partial charge in [-0.3, -0.25) is 9.20 Å². The van der Waals surface area contributed by atoms with Gasteiger partial charge in [-0.2, -0.15) is 0 Å². The number of rotatable bonds is 3. The van der Waals surface area contributed by atoms with Crippen LogP contribution < -0.4 is 5.56 Å². The summed E-state index contributed by atoms with van der Waals surface area (Å²) in [6.45, 7) is 0. The molecule has 0 bridgehead atoms. The number of methoxy groups -OCH3 is 1. The lowest BCUT2D eigenvalue weighted by molar-refractivity contribution is 0.0600. The Morgan fingerprint density at radius 3 is 2.64 bits per heavy atom. The molecule has 0 atom stereocenters. The highest BCUT2D eigenvalue weighted by Crippen LogP contribution is 2.21. The third kappa shape index (κ3) is 3.81. The average molecular weight is 420 g/mol. The number of halogens is 2. The zero-order valence-electron chi connectivity index (χ0n) is 13.1. The monoisotopic (exact) mass is 418 g/mol. The number of hydrogen-bond acceptors (Lipinski definition) is 4. The minimum Gasteiger partial charge on any atom is -0.465 e. The van der Waals surface area contributed by atoms with E-state index in [2.05, 4.69) is 25.7 Å². The fraction of sp³-hybridized carbons (Fsp3) is 0.0556. The predicted molar refractivity (Wildman–Crippen MR) is 101 cm³/mol. The van der Waals surface area contributed by atoms with Crippen LogP contribution in [0.3, 0.4) is 0 Å². The van der Waals surface area contributed by atoms with Crippen molar-refractivity contribution in [2.75, 3.05) is 7.11 Å². The Labute approximate surface area is 156 Å². The van der Waals surface area contributed by atoms with E-state index in [-0.39, 0.29) is 5.56 Å². The lowest BCUT2D eigenvalue weighted by Crippen LogP contribution is -2.14. The first-order valence-corrected chi connectivity index (χ1v) is 8.40. The van der Waals surface area contributed by atoms with Crippen molar-refractivity contribution in [3.63, 3.8) is 0 Å². The van der Waals surface area contributed by atoms with E-state index in [1.54, 1.807) is 48.7 Å². The Morgan fingerprint density at radius 1 is 1.24 bits per heavy atom. The molecule has 0 aliphatic heterocycles. The molecule has 0 saturated heterocycles. The van der Waals surface area contributed by atoms with Crippen LogP contribution in [0.5, 0.6) is 0 Å². The molecule has 0 N–H and O–H groups in total. The zero-order chi connectivity index (χ0) is 18.0. The van der Waals surface area contributed by atoms with Crippen LogP contribution in [-0.4, -0.2) is 22.5 Å². The molecular formula is C18H12BrClN2O3.